The molecule has 0 fully saturated rings. The van der Waals surface area contributed by atoms with Crippen LogP contribution in [0.25, 0.3) is 10.9 Å². The molecule has 0 aliphatic rings. The van der Waals surface area contributed by atoms with Gasteiger partial charge in [-0.3, -0.25) is 14.4 Å². The lowest BCUT2D eigenvalue weighted by Gasteiger charge is -2.24. The molecule has 2 rings (SSSR count). The van der Waals surface area contributed by atoms with Crippen molar-refractivity contribution in [2.75, 3.05) is 12.4 Å². The first-order valence-corrected chi connectivity index (χ1v) is 11.9. The minimum atomic E-state index is -1.42. The Labute approximate surface area is 208 Å². The van der Waals surface area contributed by atoms with Crippen LogP contribution in [0, 0.1) is 5.92 Å². The number of nitrogens with two attached hydrogens (primary N) is 1. The Morgan fingerprint density at radius 2 is 1.60 bits per heavy atom. The average molecular weight is 508 g/mol. The quantitative estimate of drug-likeness (QED) is 0.169. The van der Waals surface area contributed by atoms with E-state index >= 15 is 0 Å². The number of nitrogens with one attached hydrogen (secondary N) is 4. The minimum Gasteiger partial charge on any atom is -0.480 e. The molecule has 8 N–H and O–H groups in total. The van der Waals surface area contributed by atoms with Crippen molar-refractivity contribution in [3.63, 3.8) is 0 Å². The molecule has 1 aromatic carbocycles. The maximum absolute atomic E-state index is 13.1. The van der Waals surface area contributed by atoms with Crippen LogP contribution in [0.2, 0.25) is 0 Å². The van der Waals surface area contributed by atoms with Gasteiger partial charge >= 0.3 is 5.97 Å². The Morgan fingerprint density at radius 1 is 1.00 bits per heavy atom. The predicted molar refractivity (Wildman–Crippen MR) is 134 cm³/mol. The lowest BCUT2D eigenvalue weighted by Crippen LogP contribution is -2.58. The highest BCUT2D eigenvalue weighted by Crippen LogP contribution is 2.19. The summed E-state index contributed by atoms with van der Waals surface area (Å²) in [6, 6.07) is 2.75. The maximum atomic E-state index is 13.1. The number of hydrogen-bond donors (Lipinski definition) is 8. The monoisotopic (exact) mass is 507 g/mol. The number of aliphatic hydroxyl groups is 1. The Balaban J connectivity index is 2.21. The zero-order valence-corrected chi connectivity index (χ0v) is 20.5. The SMILES string of the molecule is CC(C)CC(NC(=O)C(CO)NC(=O)C(Cc1c[nH]c2ccccc12)NC(=O)C(N)CS)C(=O)O. The number of thiol groups is 1. The maximum Gasteiger partial charge on any atom is 0.326 e. The molecule has 0 aliphatic carbocycles. The number of aliphatic carboxylic acids is 1. The summed E-state index contributed by atoms with van der Waals surface area (Å²) in [5.74, 6) is -3.36. The summed E-state index contributed by atoms with van der Waals surface area (Å²) in [6.07, 6.45) is 1.97. The standard InChI is InChI=1S/C23H33N5O6S/c1-12(2)7-18(23(33)34)27-22(32)19(10-29)28-21(31)17(26-20(30)15(24)11-35)8-13-9-25-16-6-4-3-5-14(13)16/h3-6,9,12,15,17-19,25,29,35H,7-8,10-11,24H2,1-2H3,(H,26,30)(H,27,32)(H,28,31)(H,33,34). The topological polar surface area (TPSA) is 187 Å². The third-order valence-corrected chi connectivity index (χ3v) is 5.80. The fourth-order valence-corrected chi connectivity index (χ4v) is 3.69. The van der Waals surface area contributed by atoms with Crippen LogP contribution in [-0.2, 0) is 25.6 Å². The molecule has 4 unspecified atom stereocenters. The summed E-state index contributed by atoms with van der Waals surface area (Å²) in [5.41, 5.74) is 7.33. The van der Waals surface area contributed by atoms with E-state index in [0.29, 0.717) is 0 Å². The number of aromatic amines is 1. The fourth-order valence-electron chi connectivity index (χ4n) is 3.52. The average Bonchev–Trinajstić information content (AvgIpc) is 3.23. The number of amides is 3. The van der Waals surface area contributed by atoms with Crippen molar-refractivity contribution in [1.29, 1.82) is 0 Å². The van der Waals surface area contributed by atoms with E-state index < -0.39 is 54.5 Å². The molecule has 0 radical (unpaired) electrons. The fraction of sp³-hybridized carbons (Fsp3) is 0.478. The summed E-state index contributed by atoms with van der Waals surface area (Å²) in [6.45, 7) is 2.84. The van der Waals surface area contributed by atoms with Crippen molar-refractivity contribution >= 4 is 47.2 Å². The number of hydrogen-bond acceptors (Lipinski definition) is 7. The Hall–Kier alpha value is -3.09. The molecule has 0 saturated carbocycles. The van der Waals surface area contributed by atoms with Crippen LogP contribution in [0.15, 0.2) is 30.5 Å². The van der Waals surface area contributed by atoms with E-state index in [0.717, 1.165) is 16.5 Å². The summed E-state index contributed by atoms with van der Waals surface area (Å²) >= 11 is 4.01. The lowest BCUT2D eigenvalue weighted by molar-refractivity contribution is -0.143. The molecule has 0 saturated heterocycles. The number of benzene rings is 1. The molecule has 35 heavy (non-hydrogen) atoms. The van der Waals surface area contributed by atoms with Gasteiger partial charge in [-0.05, 0) is 24.0 Å². The van der Waals surface area contributed by atoms with Crippen LogP contribution < -0.4 is 21.7 Å². The Morgan fingerprint density at radius 3 is 2.20 bits per heavy atom. The number of rotatable bonds is 13. The first-order valence-electron chi connectivity index (χ1n) is 11.2. The van der Waals surface area contributed by atoms with Gasteiger partial charge in [0.2, 0.25) is 17.7 Å². The van der Waals surface area contributed by atoms with E-state index in [1.54, 1.807) is 20.0 Å². The normalized spacial score (nSPS) is 14.7. The van der Waals surface area contributed by atoms with Gasteiger partial charge in [0.1, 0.15) is 18.1 Å². The van der Waals surface area contributed by atoms with Gasteiger partial charge in [-0.15, -0.1) is 0 Å². The third kappa shape index (κ3) is 7.98. The first kappa shape index (κ1) is 28.1. The summed E-state index contributed by atoms with van der Waals surface area (Å²) in [5, 5.41) is 27.3. The summed E-state index contributed by atoms with van der Waals surface area (Å²) < 4.78 is 0. The second kappa shape index (κ2) is 13.1. The number of carboxylic acid groups (broad SMARTS) is 1. The van der Waals surface area contributed by atoms with Gasteiger partial charge in [-0.25, -0.2) is 4.79 Å². The van der Waals surface area contributed by atoms with E-state index in [-0.39, 0.29) is 24.5 Å². The lowest BCUT2D eigenvalue weighted by atomic mass is 10.0. The molecule has 192 valence electrons. The molecule has 12 heteroatoms. The molecular formula is C23H33N5O6S. The molecule has 3 amide bonds. The smallest absolute Gasteiger partial charge is 0.326 e. The van der Waals surface area contributed by atoms with Crippen molar-refractivity contribution in [2.24, 2.45) is 11.7 Å². The Kier molecular flexibility index (Phi) is 10.6. The van der Waals surface area contributed by atoms with Crippen molar-refractivity contribution in [3.05, 3.63) is 36.0 Å². The van der Waals surface area contributed by atoms with E-state index in [1.165, 1.54) is 0 Å². The zero-order chi connectivity index (χ0) is 26.1. The van der Waals surface area contributed by atoms with Gasteiger partial charge in [-0.2, -0.15) is 12.6 Å². The third-order valence-electron chi connectivity index (χ3n) is 5.40. The molecule has 4 atom stereocenters. The number of aromatic nitrogens is 1. The summed E-state index contributed by atoms with van der Waals surface area (Å²) in [4.78, 5) is 52.7. The first-order chi connectivity index (χ1) is 16.6. The van der Waals surface area contributed by atoms with Crippen LogP contribution in [-0.4, -0.2) is 75.4 Å². The van der Waals surface area contributed by atoms with E-state index in [2.05, 4.69) is 33.6 Å². The van der Waals surface area contributed by atoms with E-state index in [9.17, 15) is 29.4 Å². The number of para-hydroxylation sites is 1. The molecule has 0 aliphatic heterocycles. The van der Waals surface area contributed by atoms with Gasteiger partial charge in [-0.1, -0.05) is 32.0 Å². The minimum absolute atomic E-state index is 0.00891. The highest BCUT2D eigenvalue weighted by molar-refractivity contribution is 7.80. The van der Waals surface area contributed by atoms with E-state index in [1.807, 2.05) is 24.3 Å². The van der Waals surface area contributed by atoms with Crippen molar-refractivity contribution in [3.8, 4) is 0 Å². The molecule has 2 aromatic rings. The highest BCUT2D eigenvalue weighted by Gasteiger charge is 2.30. The number of fused-ring (bicyclic) bond motifs is 1. The van der Waals surface area contributed by atoms with Crippen LogP contribution in [0.3, 0.4) is 0 Å². The number of H-pyrrole nitrogens is 1. The van der Waals surface area contributed by atoms with Gasteiger partial charge in [0.25, 0.3) is 0 Å². The van der Waals surface area contributed by atoms with Crippen LogP contribution >= 0.6 is 12.6 Å². The van der Waals surface area contributed by atoms with Crippen molar-refractivity contribution in [1.82, 2.24) is 20.9 Å². The predicted octanol–water partition coefficient (Wildman–Crippen LogP) is -0.455. The molecule has 1 heterocycles. The largest absolute Gasteiger partial charge is 0.480 e. The molecular weight excluding hydrogens is 474 g/mol. The number of carbonyl (C=O) groups is 4. The molecule has 1 aromatic heterocycles. The molecule has 0 spiro atoms. The number of carboxylic acids is 1. The molecule has 0 bridgehead atoms. The van der Waals surface area contributed by atoms with Crippen molar-refractivity contribution in [2.45, 2.75) is 50.9 Å². The van der Waals surface area contributed by atoms with Gasteiger partial charge in [0.15, 0.2) is 0 Å². The second-order valence-corrected chi connectivity index (χ2v) is 9.05. The number of carbonyl (C=O) groups excluding carboxylic acids is 3. The van der Waals surface area contributed by atoms with Crippen LogP contribution in [0.1, 0.15) is 25.8 Å². The molecule has 11 nitrogen and oxygen atoms in total. The second-order valence-electron chi connectivity index (χ2n) is 8.69. The van der Waals surface area contributed by atoms with Crippen LogP contribution in [0.5, 0.6) is 0 Å². The van der Waals surface area contributed by atoms with Crippen molar-refractivity contribution < 1.29 is 29.4 Å². The van der Waals surface area contributed by atoms with E-state index in [4.69, 9.17) is 5.73 Å². The van der Waals surface area contributed by atoms with Gasteiger partial charge in [0, 0.05) is 29.3 Å². The van der Waals surface area contributed by atoms with Crippen LogP contribution in [0.4, 0.5) is 0 Å². The van der Waals surface area contributed by atoms with Gasteiger partial charge in [0.05, 0.1) is 12.6 Å². The Bertz CT molecular complexity index is 1040. The zero-order valence-electron chi connectivity index (χ0n) is 19.7. The van der Waals surface area contributed by atoms with Gasteiger partial charge < -0.3 is 36.9 Å². The summed E-state index contributed by atoms with van der Waals surface area (Å²) in [7, 11) is 0. The number of aliphatic hydroxyl groups excluding tert-OH is 1. The highest BCUT2D eigenvalue weighted by atomic mass is 32.1.